The first-order chi connectivity index (χ1) is 18.8. The van der Waals surface area contributed by atoms with Crippen LogP contribution in [0.4, 0.5) is 5.69 Å². The molecule has 3 unspecified atom stereocenters. The van der Waals surface area contributed by atoms with E-state index in [1.54, 1.807) is 24.3 Å². The number of likely N-dealkylation sites (tertiary alicyclic amines) is 1. The number of carbonyl (C=O) groups is 3. The fourth-order valence-corrected chi connectivity index (χ4v) is 7.32. The standard InChI is InChI=1S/C29H34BrN3O6/c1-3-19(16-34)33-25(27(36)31-15-17-8-6-5-7-9-17)29-14-21(30)24(39-29)22(23(29)28(33)37)26(35)32-18-10-12-20(13-11-18)38-4-2/h5-13,19,21-25,34H,3-4,14-16H2,1-2H3,(H,31,36)(H,32,35)/t19-,21?,22+,23-,24+,25?,29?/m0/s1. The summed E-state index contributed by atoms with van der Waals surface area (Å²) >= 11 is 3.68. The quantitative estimate of drug-likeness (QED) is 0.362. The van der Waals surface area contributed by atoms with Crippen LogP contribution in [0.1, 0.15) is 32.3 Å². The first kappa shape index (κ1) is 27.6. The Morgan fingerprint density at radius 3 is 2.51 bits per heavy atom. The van der Waals surface area contributed by atoms with Gasteiger partial charge in [-0.1, -0.05) is 53.2 Å². The number of nitrogens with zero attached hydrogens (tertiary/aromatic N) is 1. The van der Waals surface area contributed by atoms with E-state index in [1.165, 1.54) is 4.90 Å². The van der Waals surface area contributed by atoms with Crippen LogP contribution < -0.4 is 15.4 Å². The van der Waals surface area contributed by atoms with E-state index in [0.717, 1.165) is 5.56 Å². The Kier molecular flexibility index (Phi) is 7.98. The van der Waals surface area contributed by atoms with Crippen LogP contribution in [0.3, 0.4) is 0 Å². The van der Waals surface area contributed by atoms with Crippen molar-refractivity contribution in [1.82, 2.24) is 10.2 Å². The Morgan fingerprint density at radius 2 is 1.87 bits per heavy atom. The van der Waals surface area contributed by atoms with Crippen LogP contribution in [0, 0.1) is 11.8 Å². The molecule has 3 N–H and O–H groups in total. The third-order valence-corrected chi connectivity index (χ3v) is 8.94. The SMILES string of the molecule is CCOc1ccc(NC(=O)[C@H]2[C@@H]3OC4(CC3Br)C(C(=O)NCc3ccccc3)N([C@@H](CC)CO)C(=O)[C@H]24)cc1. The molecule has 9 nitrogen and oxygen atoms in total. The average Bonchev–Trinajstić information content (AvgIpc) is 3.53. The lowest BCUT2D eigenvalue weighted by atomic mass is 9.70. The normalized spacial score (nSPS) is 29.7. The van der Waals surface area contributed by atoms with Crippen LogP contribution in [0.15, 0.2) is 54.6 Å². The van der Waals surface area contributed by atoms with Crippen molar-refractivity contribution in [3.8, 4) is 5.75 Å². The topological polar surface area (TPSA) is 117 Å². The van der Waals surface area contributed by atoms with Gasteiger partial charge in [0.2, 0.25) is 17.7 Å². The van der Waals surface area contributed by atoms with Crippen LogP contribution in [0.25, 0.3) is 0 Å². The Balaban J connectivity index is 1.44. The van der Waals surface area contributed by atoms with Crippen molar-refractivity contribution in [2.24, 2.45) is 11.8 Å². The van der Waals surface area contributed by atoms with Gasteiger partial charge in [0, 0.05) is 17.1 Å². The highest BCUT2D eigenvalue weighted by molar-refractivity contribution is 9.09. The van der Waals surface area contributed by atoms with Gasteiger partial charge in [-0.25, -0.2) is 0 Å². The molecule has 39 heavy (non-hydrogen) atoms. The summed E-state index contributed by atoms with van der Waals surface area (Å²) in [7, 11) is 0. The third-order valence-electron chi connectivity index (χ3n) is 8.10. The van der Waals surface area contributed by atoms with E-state index < -0.39 is 35.6 Å². The number of amides is 3. The molecule has 208 valence electrons. The second-order valence-electron chi connectivity index (χ2n) is 10.3. The second kappa shape index (κ2) is 11.3. The number of hydrogen-bond acceptors (Lipinski definition) is 6. The van der Waals surface area contributed by atoms with E-state index >= 15 is 0 Å². The zero-order valence-electron chi connectivity index (χ0n) is 22.0. The number of carbonyl (C=O) groups excluding carboxylic acids is 3. The van der Waals surface area contributed by atoms with E-state index in [-0.39, 0.29) is 35.7 Å². The van der Waals surface area contributed by atoms with E-state index in [4.69, 9.17) is 9.47 Å². The molecule has 3 amide bonds. The number of aliphatic hydroxyl groups excluding tert-OH is 1. The maximum absolute atomic E-state index is 14.1. The lowest BCUT2D eigenvalue weighted by Crippen LogP contribution is -2.58. The van der Waals surface area contributed by atoms with Gasteiger partial charge in [-0.15, -0.1) is 0 Å². The van der Waals surface area contributed by atoms with Crippen molar-refractivity contribution >= 4 is 39.3 Å². The van der Waals surface area contributed by atoms with Crippen molar-refractivity contribution in [3.63, 3.8) is 0 Å². The third kappa shape index (κ3) is 4.83. The molecule has 1 spiro atoms. The van der Waals surface area contributed by atoms with Crippen LogP contribution in [-0.4, -0.2) is 69.6 Å². The summed E-state index contributed by atoms with van der Waals surface area (Å²) in [6.07, 6.45) is 0.294. The molecular formula is C29H34BrN3O6. The van der Waals surface area contributed by atoms with Crippen LogP contribution >= 0.6 is 15.9 Å². The van der Waals surface area contributed by atoms with Gasteiger partial charge in [0.15, 0.2) is 0 Å². The van der Waals surface area contributed by atoms with Crippen molar-refractivity contribution in [1.29, 1.82) is 0 Å². The Hall–Kier alpha value is -2.95. The molecule has 2 aromatic rings. The molecule has 3 heterocycles. The molecular weight excluding hydrogens is 566 g/mol. The summed E-state index contributed by atoms with van der Waals surface area (Å²) in [6, 6.07) is 15.0. The molecule has 0 saturated carbocycles. The number of anilines is 1. The Labute approximate surface area is 236 Å². The van der Waals surface area contributed by atoms with Gasteiger partial charge in [-0.3, -0.25) is 14.4 Å². The number of ether oxygens (including phenoxy) is 2. The number of aliphatic hydroxyl groups is 1. The molecule has 10 heteroatoms. The lowest BCUT2D eigenvalue weighted by molar-refractivity contribution is -0.145. The number of hydrogen-bond donors (Lipinski definition) is 3. The fraction of sp³-hybridized carbons (Fsp3) is 0.483. The molecule has 7 atom stereocenters. The average molecular weight is 601 g/mol. The highest BCUT2D eigenvalue weighted by atomic mass is 79.9. The molecule has 0 aromatic heterocycles. The highest BCUT2D eigenvalue weighted by Crippen LogP contribution is 2.60. The number of alkyl halides is 1. The van der Waals surface area contributed by atoms with Crippen LogP contribution in [-0.2, 0) is 25.7 Å². The van der Waals surface area contributed by atoms with Crippen molar-refractivity contribution < 1.29 is 29.0 Å². The van der Waals surface area contributed by atoms with Gasteiger partial charge >= 0.3 is 0 Å². The lowest BCUT2D eigenvalue weighted by Gasteiger charge is -2.36. The first-order valence-corrected chi connectivity index (χ1v) is 14.4. The predicted octanol–water partition coefficient (Wildman–Crippen LogP) is 2.86. The minimum absolute atomic E-state index is 0.212. The minimum atomic E-state index is -1.18. The van der Waals surface area contributed by atoms with Gasteiger partial charge < -0.3 is 30.1 Å². The van der Waals surface area contributed by atoms with E-state index in [2.05, 4.69) is 26.6 Å². The molecule has 0 radical (unpaired) electrons. The summed E-state index contributed by atoms with van der Waals surface area (Å²) in [5.41, 5.74) is 0.320. The number of halogens is 1. The molecule has 2 bridgehead atoms. The van der Waals surface area contributed by atoms with Gasteiger partial charge in [-0.2, -0.15) is 0 Å². The summed E-state index contributed by atoms with van der Waals surface area (Å²) < 4.78 is 12.0. The van der Waals surface area contributed by atoms with E-state index in [0.29, 0.717) is 30.9 Å². The maximum atomic E-state index is 14.1. The van der Waals surface area contributed by atoms with Gasteiger partial charge in [0.1, 0.15) is 17.4 Å². The number of rotatable bonds is 10. The van der Waals surface area contributed by atoms with Gasteiger partial charge in [-0.05, 0) is 49.6 Å². The van der Waals surface area contributed by atoms with Crippen LogP contribution in [0.5, 0.6) is 5.75 Å². The van der Waals surface area contributed by atoms with Gasteiger partial charge in [0.25, 0.3) is 0 Å². The number of nitrogens with one attached hydrogen (secondary N) is 2. The predicted molar refractivity (Wildman–Crippen MR) is 148 cm³/mol. The monoisotopic (exact) mass is 599 g/mol. The largest absolute Gasteiger partial charge is 0.494 e. The van der Waals surface area contributed by atoms with Crippen molar-refractivity contribution in [2.45, 2.75) is 61.8 Å². The number of benzene rings is 2. The minimum Gasteiger partial charge on any atom is -0.494 e. The van der Waals surface area contributed by atoms with Crippen LogP contribution in [0.2, 0.25) is 0 Å². The Bertz CT molecular complexity index is 1210. The first-order valence-electron chi connectivity index (χ1n) is 13.4. The van der Waals surface area contributed by atoms with E-state index in [9.17, 15) is 19.5 Å². The van der Waals surface area contributed by atoms with Crippen molar-refractivity contribution in [3.05, 3.63) is 60.2 Å². The molecule has 3 saturated heterocycles. The smallest absolute Gasteiger partial charge is 0.246 e. The molecule has 3 aliphatic rings. The summed E-state index contributed by atoms with van der Waals surface area (Å²) in [5.74, 6) is -1.96. The van der Waals surface area contributed by atoms with Crippen molar-refractivity contribution in [2.75, 3.05) is 18.5 Å². The molecule has 0 aliphatic carbocycles. The molecule has 3 aliphatic heterocycles. The Morgan fingerprint density at radius 1 is 1.15 bits per heavy atom. The molecule has 5 rings (SSSR count). The molecule has 2 aromatic carbocycles. The zero-order chi connectivity index (χ0) is 27.7. The fourth-order valence-electron chi connectivity index (χ4n) is 6.38. The maximum Gasteiger partial charge on any atom is 0.246 e. The summed E-state index contributed by atoms with van der Waals surface area (Å²) in [4.78, 5) is 42.8. The summed E-state index contributed by atoms with van der Waals surface area (Å²) in [6.45, 7) is 4.29. The number of fused-ring (bicyclic) bond motifs is 1. The molecule has 3 fully saturated rings. The van der Waals surface area contributed by atoms with Gasteiger partial charge in [0.05, 0.1) is 37.2 Å². The summed E-state index contributed by atoms with van der Waals surface area (Å²) in [5, 5.41) is 16.1. The van der Waals surface area contributed by atoms with E-state index in [1.807, 2.05) is 44.2 Å². The zero-order valence-corrected chi connectivity index (χ0v) is 23.6. The second-order valence-corrected chi connectivity index (χ2v) is 11.5. The highest BCUT2D eigenvalue weighted by Gasteiger charge is 2.76.